The van der Waals surface area contributed by atoms with E-state index in [0.717, 1.165) is 16.9 Å². The van der Waals surface area contributed by atoms with Crippen molar-refractivity contribution in [2.24, 2.45) is 5.10 Å². The Morgan fingerprint density at radius 1 is 1.17 bits per heavy atom. The van der Waals surface area contributed by atoms with Gasteiger partial charge in [0.1, 0.15) is 0 Å². The number of aryl methyl sites for hydroxylation is 2. The number of hydrogen-bond acceptors (Lipinski definition) is 3. The molecule has 0 unspecified atom stereocenters. The number of aromatic amines is 1. The molecule has 0 spiro atoms. The van der Waals surface area contributed by atoms with Gasteiger partial charge in [0.15, 0.2) is 0 Å². The van der Waals surface area contributed by atoms with Gasteiger partial charge in [0.25, 0.3) is 5.56 Å². The molecule has 2 aromatic carbocycles. The van der Waals surface area contributed by atoms with Gasteiger partial charge < -0.3 is 0 Å². The second-order valence-electron chi connectivity index (χ2n) is 5.51. The largest absolute Gasteiger partial charge is 0.295 e. The lowest BCUT2D eigenvalue weighted by molar-refractivity contribution is 0.835. The molecular formula is C18H17ClN4O. The molecule has 2 N–H and O–H groups in total. The standard InChI is InChI=1S/C18H17ClN4O/c1-12-5-3-7-15(9-12)21-20-11-17-13(2)22-23(18(17)24)16-8-4-6-14(19)10-16/h3-11,21-22H,1-2H3. The first-order chi connectivity index (χ1) is 11.5. The average Bonchev–Trinajstić information content (AvgIpc) is 2.83. The van der Waals surface area contributed by atoms with Crippen LogP contribution >= 0.6 is 11.6 Å². The molecule has 1 aromatic heterocycles. The number of hydrazone groups is 1. The molecule has 3 rings (SSSR count). The lowest BCUT2D eigenvalue weighted by Gasteiger charge is -2.01. The van der Waals surface area contributed by atoms with Gasteiger partial charge >= 0.3 is 0 Å². The Hall–Kier alpha value is -2.79. The number of H-pyrrole nitrogens is 1. The van der Waals surface area contributed by atoms with Crippen LogP contribution < -0.4 is 11.0 Å². The summed E-state index contributed by atoms with van der Waals surface area (Å²) < 4.78 is 1.45. The number of nitrogens with one attached hydrogen (secondary N) is 2. The normalized spacial score (nSPS) is 11.1. The lowest BCUT2D eigenvalue weighted by atomic mass is 10.2. The second kappa shape index (κ2) is 6.76. The van der Waals surface area contributed by atoms with Crippen LogP contribution in [0.2, 0.25) is 5.02 Å². The minimum Gasteiger partial charge on any atom is -0.295 e. The summed E-state index contributed by atoms with van der Waals surface area (Å²) in [7, 11) is 0. The predicted octanol–water partition coefficient (Wildman–Crippen LogP) is 3.88. The maximum Gasteiger partial charge on any atom is 0.280 e. The summed E-state index contributed by atoms with van der Waals surface area (Å²) in [5.74, 6) is 0. The number of benzene rings is 2. The fourth-order valence-corrected chi connectivity index (χ4v) is 2.58. The van der Waals surface area contributed by atoms with Gasteiger partial charge in [-0.15, -0.1) is 0 Å². The van der Waals surface area contributed by atoms with Gasteiger partial charge in [-0.3, -0.25) is 15.3 Å². The highest BCUT2D eigenvalue weighted by molar-refractivity contribution is 6.30. The number of hydrogen-bond donors (Lipinski definition) is 2. The number of aromatic nitrogens is 2. The van der Waals surface area contributed by atoms with Crippen molar-refractivity contribution in [3.05, 3.63) is 80.7 Å². The molecule has 0 saturated carbocycles. The Kier molecular flexibility index (Phi) is 4.53. The van der Waals surface area contributed by atoms with E-state index in [-0.39, 0.29) is 5.56 Å². The van der Waals surface area contributed by atoms with Crippen molar-refractivity contribution in [1.82, 2.24) is 9.78 Å². The van der Waals surface area contributed by atoms with Crippen LogP contribution in [0.25, 0.3) is 5.69 Å². The minimum atomic E-state index is -0.176. The highest BCUT2D eigenvalue weighted by Crippen LogP contribution is 2.13. The zero-order chi connectivity index (χ0) is 17.1. The highest BCUT2D eigenvalue weighted by Gasteiger charge is 2.10. The molecule has 122 valence electrons. The number of anilines is 1. The third kappa shape index (κ3) is 3.41. The Balaban J connectivity index is 1.87. The van der Waals surface area contributed by atoms with Gasteiger partial charge in [-0.1, -0.05) is 29.8 Å². The fourth-order valence-electron chi connectivity index (χ4n) is 2.39. The Morgan fingerprint density at radius 2 is 1.96 bits per heavy atom. The van der Waals surface area contributed by atoms with Crippen molar-refractivity contribution < 1.29 is 0 Å². The van der Waals surface area contributed by atoms with Crippen LogP contribution in [-0.4, -0.2) is 16.0 Å². The summed E-state index contributed by atoms with van der Waals surface area (Å²) in [6.45, 7) is 3.84. The second-order valence-corrected chi connectivity index (χ2v) is 5.95. The third-order valence-corrected chi connectivity index (χ3v) is 3.82. The summed E-state index contributed by atoms with van der Waals surface area (Å²) in [6.07, 6.45) is 1.53. The zero-order valence-corrected chi connectivity index (χ0v) is 14.1. The number of nitrogens with zero attached hydrogens (tertiary/aromatic N) is 2. The van der Waals surface area contributed by atoms with Gasteiger partial charge in [-0.2, -0.15) is 5.10 Å². The molecule has 24 heavy (non-hydrogen) atoms. The van der Waals surface area contributed by atoms with Crippen molar-refractivity contribution in [2.45, 2.75) is 13.8 Å². The van der Waals surface area contributed by atoms with E-state index in [0.29, 0.717) is 16.3 Å². The summed E-state index contributed by atoms with van der Waals surface area (Å²) in [5.41, 5.74) is 6.67. The van der Waals surface area contributed by atoms with Crippen molar-refractivity contribution in [2.75, 3.05) is 5.43 Å². The van der Waals surface area contributed by atoms with E-state index in [1.165, 1.54) is 10.9 Å². The van der Waals surface area contributed by atoms with Crippen LogP contribution in [0, 0.1) is 13.8 Å². The molecule has 0 bridgehead atoms. The molecule has 0 aliphatic carbocycles. The molecule has 0 fully saturated rings. The quantitative estimate of drug-likeness (QED) is 0.559. The van der Waals surface area contributed by atoms with Crippen molar-refractivity contribution in [3.8, 4) is 5.69 Å². The molecule has 0 atom stereocenters. The average molecular weight is 341 g/mol. The van der Waals surface area contributed by atoms with E-state index < -0.39 is 0 Å². The lowest BCUT2D eigenvalue weighted by Crippen LogP contribution is -2.17. The van der Waals surface area contributed by atoms with Crippen LogP contribution in [0.3, 0.4) is 0 Å². The van der Waals surface area contributed by atoms with Gasteiger partial charge in [0.2, 0.25) is 0 Å². The summed E-state index contributed by atoms with van der Waals surface area (Å²) in [5, 5.41) is 7.78. The van der Waals surface area contributed by atoms with Gasteiger partial charge in [-0.05, 0) is 49.7 Å². The first kappa shape index (κ1) is 16.1. The molecule has 5 nitrogen and oxygen atoms in total. The van der Waals surface area contributed by atoms with Crippen molar-refractivity contribution in [1.29, 1.82) is 0 Å². The predicted molar refractivity (Wildman–Crippen MR) is 98.5 cm³/mol. The molecule has 0 aliphatic rings. The van der Waals surface area contributed by atoms with E-state index in [1.807, 2.05) is 44.2 Å². The fraction of sp³-hybridized carbons (Fsp3) is 0.111. The summed E-state index contributed by atoms with van der Waals surface area (Å²) in [4.78, 5) is 12.6. The van der Waals surface area contributed by atoms with Crippen LogP contribution in [-0.2, 0) is 0 Å². The van der Waals surface area contributed by atoms with Gasteiger partial charge in [0.05, 0.1) is 23.2 Å². The molecule has 6 heteroatoms. The SMILES string of the molecule is Cc1cccc(NN=Cc2c(C)[nH]n(-c3cccc(Cl)c3)c2=O)c1. The number of halogens is 1. The maximum absolute atomic E-state index is 12.6. The molecule has 1 heterocycles. The van der Waals surface area contributed by atoms with Gasteiger partial charge in [0, 0.05) is 10.7 Å². The topological polar surface area (TPSA) is 62.2 Å². The van der Waals surface area contributed by atoms with Crippen LogP contribution in [0.5, 0.6) is 0 Å². The van der Waals surface area contributed by atoms with E-state index in [2.05, 4.69) is 15.6 Å². The molecule has 0 amide bonds. The maximum atomic E-state index is 12.6. The molecule has 0 radical (unpaired) electrons. The Labute approximate surface area is 144 Å². The van der Waals surface area contributed by atoms with E-state index in [4.69, 9.17) is 11.6 Å². The van der Waals surface area contributed by atoms with Crippen molar-refractivity contribution in [3.63, 3.8) is 0 Å². The first-order valence-electron chi connectivity index (χ1n) is 7.48. The monoisotopic (exact) mass is 340 g/mol. The van der Waals surface area contributed by atoms with E-state index in [1.54, 1.807) is 18.2 Å². The Morgan fingerprint density at radius 3 is 2.71 bits per heavy atom. The Bertz CT molecular complexity index is 956. The summed E-state index contributed by atoms with van der Waals surface area (Å²) in [6, 6.07) is 15.0. The summed E-state index contributed by atoms with van der Waals surface area (Å²) >= 11 is 5.99. The smallest absolute Gasteiger partial charge is 0.280 e. The van der Waals surface area contributed by atoms with Crippen molar-refractivity contribution >= 4 is 23.5 Å². The van der Waals surface area contributed by atoms with Crippen LogP contribution in [0.15, 0.2) is 58.4 Å². The molecular weight excluding hydrogens is 324 g/mol. The third-order valence-electron chi connectivity index (χ3n) is 3.59. The van der Waals surface area contributed by atoms with E-state index >= 15 is 0 Å². The molecule has 0 saturated heterocycles. The van der Waals surface area contributed by atoms with Gasteiger partial charge in [-0.25, -0.2) is 4.68 Å². The molecule has 3 aromatic rings. The van der Waals surface area contributed by atoms with Crippen LogP contribution in [0.4, 0.5) is 5.69 Å². The van der Waals surface area contributed by atoms with E-state index in [9.17, 15) is 4.79 Å². The first-order valence-corrected chi connectivity index (χ1v) is 7.86. The molecule has 0 aliphatic heterocycles. The highest BCUT2D eigenvalue weighted by atomic mass is 35.5. The zero-order valence-electron chi connectivity index (χ0n) is 13.4. The minimum absolute atomic E-state index is 0.176. The number of rotatable bonds is 4. The van der Waals surface area contributed by atoms with Crippen LogP contribution in [0.1, 0.15) is 16.8 Å².